The minimum atomic E-state index is 0.224. The quantitative estimate of drug-likeness (QED) is 0.883. The second-order valence-corrected chi connectivity index (χ2v) is 6.27. The summed E-state index contributed by atoms with van der Waals surface area (Å²) in [5.41, 5.74) is 0.474. The molecule has 0 saturated carbocycles. The molecule has 0 aromatic carbocycles. The molecule has 1 aromatic heterocycles. The molecule has 0 spiro atoms. The molecule has 0 aliphatic carbocycles. The zero-order chi connectivity index (χ0) is 13.2. The third-order valence-corrected chi connectivity index (χ3v) is 4.28. The Hall–Kier alpha value is -0.870. The molecule has 1 atom stereocenters. The fraction of sp³-hybridized carbons (Fsp3) is 0.786. The van der Waals surface area contributed by atoms with Gasteiger partial charge in [0.15, 0.2) is 0 Å². The second kappa shape index (κ2) is 5.02. The Kier molecular flexibility index (Phi) is 3.78. The van der Waals surface area contributed by atoms with Crippen molar-refractivity contribution < 1.29 is 0 Å². The summed E-state index contributed by atoms with van der Waals surface area (Å²) in [6.45, 7) is 13.4. The predicted octanol–water partition coefficient (Wildman–Crippen LogP) is 1.74. The summed E-state index contributed by atoms with van der Waals surface area (Å²) in [7, 11) is 0. The van der Waals surface area contributed by atoms with Gasteiger partial charge in [-0.25, -0.2) is 0 Å². The molecule has 18 heavy (non-hydrogen) atoms. The zero-order valence-electron chi connectivity index (χ0n) is 12.1. The summed E-state index contributed by atoms with van der Waals surface area (Å²) in [6, 6.07) is 1.99. The Morgan fingerprint density at radius 2 is 2.06 bits per heavy atom. The van der Waals surface area contributed by atoms with Crippen LogP contribution in [0, 0.1) is 0 Å². The van der Waals surface area contributed by atoms with E-state index in [2.05, 4.69) is 43.0 Å². The molecule has 1 fully saturated rings. The molecule has 1 aromatic rings. The van der Waals surface area contributed by atoms with Crippen molar-refractivity contribution >= 4 is 0 Å². The fourth-order valence-electron chi connectivity index (χ4n) is 2.51. The van der Waals surface area contributed by atoms with Crippen LogP contribution in [0.15, 0.2) is 18.5 Å². The molecule has 1 aliphatic rings. The molecule has 4 heteroatoms. The molecule has 102 valence electrons. The van der Waals surface area contributed by atoms with E-state index in [4.69, 9.17) is 0 Å². The Labute approximate surface area is 110 Å². The van der Waals surface area contributed by atoms with Gasteiger partial charge in [0, 0.05) is 43.1 Å². The van der Waals surface area contributed by atoms with E-state index in [1.54, 1.807) is 0 Å². The van der Waals surface area contributed by atoms with E-state index >= 15 is 0 Å². The third-order valence-electron chi connectivity index (χ3n) is 4.28. The molecule has 2 rings (SSSR count). The number of hydrogen-bond donors (Lipinski definition) is 1. The maximum Gasteiger partial charge on any atom is 0.0536 e. The topological polar surface area (TPSA) is 33.1 Å². The first kappa shape index (κ1) is 13.6. The molecule has 1 saturated heterocycles. The first-order valence-electron chi connectivity index (χ1n) is 6.93. The molecular weight excluding hydrogens is 224 g/mol. The van der Waals surface area contributed by atoms with Crippen LogP contribution in [-0.2, 0) is 6.54 Å². The lowest BCUT2D eigenvalue weighted by molar-refractivity contribution is 0.0280. The van der Waals surface area contributed by atoms with Crippen LogP contribution >= 0.6 is 0 Å². The van der Waals surface area contributed by atoms with Crippen LogP contribution in [0.4, 0.5) is 0 Å². The van der Waals surface area contributed by atoms with Gasteiger partial charge in [-0.3, -0.25) is 9.58 Å². The van der Waals surface area contributed by atoms with Gasteiger partial charge in [-0.2, -0.15) is 5.10 Å². The van der Waals surface area contributed by atoms with E-state index < -0.39 is 0 Å². The maximum atomic E-state index is 4.28. The van der Waals surface area contributed by atoms with E-state index in [1.807, 2.05) is 23.1 Å². The van der Waals surface area contributed by atoms with Crippen molar-refractivity contribution in [2.24, 2.45) is 0 Å². The molecule has 1 aliphatic heterocycles. The van der Waals surface area contributed by atoms with Crippen molar-refractivity contribution in [1.29, 1.82) is 0 Å². The minimum absolute atomic E-state index is 0.224. The van der Waals surface area contributed by atoms with E-state index in [1.165, 1.54) is 6.42 Å². The molecule has 4 nitrogen and oxygen atoms in total. The second-order valence-electron chi connectivity index (χ2n) is 6.27. The maximum absolute atomic E-state index is 4.28. The van der Waals surface area contributed by atoms with Crippen molar-refractivity contribution in [2.75, 3.05) is 19.6 Å². The average Bonchev–Trinajstić information content (AvgIpc) is 2.84. The van der Waals surface area contributed by atoms with Gasteiger partial charge in [-0.15, -0.1) is 0 Å². The molecule has 0 bridgehead atoms. The molecule has 1 unspecified atom stereocenters. The van der Waals surface area contributed by atoms with E-state index in [9.17, 15) is 0 Å². The Morgan fingerprint density at radius 1 is 1.28 bits per heavy atom. The predicted molar refractivity (Wildman–Crippen MR) is 74.6 cm³/mol. The Balaban J connectivity index is 1.99. The number of rotatable bonds is 4. The lowest BCUT2D eigenvalue weighted by Gasteiger charge is -2.50. The lowest BCUT2D eigenvalue weighted by atomic mass is 9.88. The highest BCUT2D eigenvalue weighted by Crippen LogP contribution is 2.25. The third kappa shape index (κ3) is 2.93. The minimum Gasteiger partial charge on any atom is -0.308 e. The zero-order valence-corrected chi connectivity index (χ0v) is 12.1. The fourth-order valence-corrected chi connectivity index (χ4v) is 2.51. The first-order chi connectivity index (χ1) is 8.45. The average molecular weight is 250 g/mol. The number of nitrogens with zero attached hydrogens (tertiary/aromatic N) is 3. The van der Waals surface area contributed by atoms with Crippen LogP contribution in [0.5, 0.6) is 0 Å². The number of aromatic nitrogens is 2. The van der Waals surface area contributed by atoms with Crippen molar-refractivity contribution in [2.45, 2.75) is 51.7 Å². The highest BCUT2D eigenvalue weighted by Gasteiger charge is 2.38. The molecule has 2 heterocycles. The summed E-state index contributed by atoms with van der Waals surface area (Å²) in [6.07, 6.45) is 5.05. The van der Waals surface area contributed by atoms with Crippen LogP contribution in [0.1, 0.15) is 34.1 Å². The van der Waals surface area contributed by atoms with Crippen LogP contribution in [-0.4, -0.2) is 45.4 Å². The van der Waals surface area contributed by atoms with E-state index in [-0.39, 0.29) is 11.1 Å². The summed E-state index contributed by atoms with van der Waals surface area (Å²) >= 11 is 0. The highest BCUT2D eigenvalue weighted by atomic mass is 15.3. The number of hydrogen-bond acceptors (Lipinski definition) is 3. The van der Waals surface area contributed by atoms with Crippen LogP contribution in [0.3, 0.4) is 0 Å². The van der Waals surface area contributed by atoms with Crippen molar-refractivity contribution in [3.05, 3.63) is 18.5 Å². The number of piperazine rings is 1. The van der Waals surface area contributed by atoms with Crippen molar-refractivity contribution in [3.8, 4) is 0 Å². The van der Waals surface area contributed by atoms with E-state index in [0.717, 1.165) is 26.2 Å². The molecule has 0 radical (unpaired) electrons. The van der Waals surface area contributed by atoms with Gasteiger partial charge < -0.3 is 5.32 Å². The van der Waals surface area contributed by atoms with Gasteiger partial charge in [-0.1, -0.05) is 6.92 Å². The Morgan fingerprint density at radius 3 is 2.67 bits per heavy atom. The van der Waals surface area contributed by atoms with Gasteiger partial charge in [0.2, 0.25) is 0 Å². The van der Waals surface area contributed by atoms with Gasteiger partial charge in [0.1, 0.15) is 0 Å². The van der Waals surface area contributed by atoms with Gasteiger partial charge in [0.25, 0.3) is 0 Å². The lowest BCUT2D eigenvalue weighted by Crippen LogP contribution is -2.67. The standard InChI is InChI=1S/C14H26N4/c1-5-14(4)12-17(13(2,3)11-15-14)9-10-18-8-6-7-16-18/h6-8,15H,5,9-12H2,1-4H3. The first-order valence-corrected chi connectivity index (χ1v) is 6.93. The summed E-state index contributed by atoms with van der Waals surface area (Å²) in [4.78, 5) is 2.59. The monoisotopic (exact) mass is 250 g/mol. The van der Waals surface area contributed by atoms with Gasteiger partial charge in [0.05, 0.1) is 6.54 Å². The molecular formula is C14H26N4. The van der Waals surface area contributed by atoms with Gasteiger partial charge in [-0.05, 0) is 33.3 Å². The van der Waals surface area contributed by atoms with Crippen LogP contribution in [0.2, 0.25) is 0 Å². The number of nitrogens with one attached hydrogen (secondary N) is 1. The summed E-state index contributed by atoms with van der Waals surface area (Å²) in [5.74, 6) is 0. The van der Waals surface area contributed by atoms with Crippen LogP contribution in [0.25, 0.3) is 0 Å². The van der Waals surface area contributed by atoms with Crippen molar-refractivity contribution in [1.82, 2.24) is 20.0 Å². The normalized spacial score (nSPS) is 28.4. The molecule has 1 N–H and O–H groups in total. The smallest absolute Gasteiger partial charge is 0.0536 e. The Bertz CT molecular complexity index is 371. The van der Waals surface area contributed by atoms with Crippen LogP contribution < -0.4 is 5.32 Å². The molecule has 0 amide bonds. The SMILES string of the molecule is CCC1(C)CN(CCn2cccn2)C(C)(C)CN1. The largest absolute Gasteiger partial charge is 0.308 e. The van der Waals surface area contributed by atoms with Crippen molar-refractivity contribution in [3.63, 3.8) is 0 Å². The van der Waals surface area contributed by atoms with E-state index in [0.29, 0.717) is 0 Å². The summed E-state index contributed by atoms with van der Waals surface area (Å²) < 4.78 is 2.02. The van der Waals surface area contributed by atoms with Gasteiger partial charge >= 0.3 is 0 Å². The highest BCUT2D eigenvalue weighted by molar-refractivity contribution is 4.99. The summed E-state index contributed by atoms with van der Waals surface area (Å²) in [5, 5.41) is 7.97.